The largest absolute Gasteiger partial charge is 0.506 e. The summed E-state index contributed by atoms with van der Waals surface area (Å²) in [6.45, 7) is 3.64. The molecule has 0 saturated heterocycles. The Morgan fingerprint density at radius 1 is 0.980 bits per heavy atom. The van der Waals surface area contributed by atoms with Crippen molar-refractivity contribution >= 4 is 39.5 Å². The molecule has 3 heterocycles. The van der Waals surface area contributed by atoms with Gasteiger partial charge in [-0.05, 0) is 99.1 Å². The van der Waals surface area contributed by atoms with Crippen LogP contribution >= 0.6 is 22.7 Å². The van der Waals surface area contributed by atoms with Gasteiger partial charge in [-0.3, -0.25) is 4.79 Å². The van der Waals surface area contributed by atoms with Crippen molar-refractivity contribution in [2.24, 2.45) is 0 Å². The maximum Gasteiger partial charge on any atom is 0.349 e. The van der Waals surface area contributed by atoms with E-state index < -0.39 is 17.7 Å². The standard InChI is InChI=1S/C37H49N3O7S2/c1-40(26-11-13-27(14-12-26)47-36(44)37(45,32-9-6-23-48-32)33-10-7-24-49-33)20-8-22-46-21-5-3-2-4-19-38-25-31(42)28-15-17-30(41)35-29(28)16-18-34(43)39-35/h6-7,9-10,15-18,23-24,26-27,31,38,41-42,45H,2-5,8,11-14,19-22,25H2,1H3,(H,39,43). The fourth-order valence-corrected chi connectivity index (χ4v) is 8.25. The van der Waals surface area contributed by atoms with Gasteiger partial charge in [0, 0.05) is 43.8 Å². The van der Waals surface area contributed by atoms with Crippen molar-refractivity contribution < 1.29 is 29.6 Å². The van der Waals surface area contributed by atoms with Gasteiger partial charge in [-0.25, -0.2) is 4.79 Å². The second-order valence-corrected chi connectivity index (χ2v) is 14.8. The average Bonchev–Trinajstić information content (AvgIpc) is 3.85. The predicted octanol–water partition coefficient (Wildman–Crippen LogP) is 5.67. The highest BCUT2D eigenvalue weighted by molar-refractivity contribution is 7.12. The average molecular weight is 712 g/mol. The van der Waals surface area contributed by atoms with Crippen molar-refractivity contribution in [1.29, 1.82) is 0 Å². The molecule has 1 atom stereocenters. The van der Waals surface area contributed by atoms with Crippen LogP contribution in [0.1, 0.15) is 79.2 Å². The molecule has 5 N–H and O–H groups in total. The second kappa shape index (κ2) is 18.2. The molecule has 1 unspecified atom stereocenters. The van der Waals surface area contributed by atoms with E-state index in [4.69, 9.17) is 9.47 Å². The Labute approximate surface area is 295 Å². The number of nitrogens with zero attached hydrogens (tertiary/aromatic N) is 1. The second-order valence-electron chi connectivity index (χ2n) is 12.9. The van der Waals surface area contributed by atoms with Gasteiger partial charge in [0.2, 0.25) is 11.2 Å². The van der Waals surface area contributed by atoms with Gasteiger partial charge in [-0.1, -0.05) is 31.0 Å². The van der Waals surface area contributed by atoms with Gasteiger partial charge in [0.1, 0.15) is 11.9 Å². The Balaban J connectivity index is 0.882. The molecule has 0 bridgehead atoms. The third kappa shape index (κ3) is 9.78. The number of pyridine rings is 1. The summed E-state index contributed by atoms with van der Waals surface area (Å²) < 4.78 is 11.8. The van der Waals surface area contributed by atoms with Gasteiger partial charge >= 0.3 is 5.97 Å². The highest BCUT2D eigenvalue weighted by Crippen LogP contribution is 2.38. The number of hydrogen-bond donors (Lipinski definition) is 5. The van der Waals surface area contributed by atoms with Crippen LogP contribution in [-0.4, -0.2) is 83.2 Å². The smallest absolute Gasteiger partial charge is 0.349 e. The summed E-state index contributed by atoms with van der Waals surface area (Å²) in [6, 6.07) is 13.9. The number of H-pyrrole nitrogens is 1. The monoisotopic (exact) mass is 711 g/mol. The van der Waals surface area contributed by atoms with Crippen molar-refractivity contribution in [3.05, 3.63) is 85.0 Å². The first-order valence-corrected chi connectivity index (χ1v) is 19.1. The van der Waals surface area contributed by atoms with Gasteiger partial charge in [0.05, 0.1) is 21.4 Å². The molecule has 0 radical (unpaired) electrons. The number of unbranched alkanes of at least 4 members (excludes halogenated alkanes) is 3. The number of phenols is 1. The van der Waals surface area contributed by atoms with Crippen molar-refractivity contribution in [3.63, 3.8) is 0 Å². The zero-order chi connectivity index (χ0) is 34.6. The van der Waals surface area contributed by atoms with Crippen molar-refractivity contribution in [1.82, 2.24) is 15.2 Å². The molecule has 1 saturated carbocycles. The van der Waals surface area contributed by atoms with E-state index in [1.54, 1.807) is 24.3 Å². The lowest BCUT2D eigenvalue weighted by Gasteiger charge is -2.35. The van der Waals surface area contributed by atoms with Crippen LogP contribution in [0.3, 0.4) is 0 Å². The van der Waals surface area contributed by atoms with Crippen molar-refractivity contribution in [2.75, 3.05) is 39.9 Å². The van der Waals surface area contributed by atoms with Crippen LogP contribution in [0.4, 0.5) is 0 Å². The highest BCUT2D eigenvalue weighted by Gasteiger charge is 2.45. The van der Waals surface area contributed by atoms with Crippen LogP contribution < -0.4 is 10.9 Å². The Morgan fingerprint density at radius 2 is 1.67 bits per heavy atom. The first kappa shape index (κ1) is 37.2. The maximum atomic E-state index is 13.3. The normalized spacial score (nSPS) is 17.5. The van der Waals surface area contributed by atoms with Gasteiger partial charge < -0.3 is 40.0 Å². The summed E-state index contributed by atoms with van der Waals surface area (Å²) in [5.41, 5.74) is -1.04. The van der Waals surface area contributed by atoms with E-state index in [-0.39, 0.29) is 17.4 Å². The third-order valence-corrected chi connectivity index (χ3v) is 11.3. The zero-order valence-electron chi connectivity index (χ0n) is 28.1. The molecular weight excluding hydrogens is 663 g/mol. The number of carbonyl (C=O) groups is 1. The van der Waals surface area contributed by atoms with E-state index in [1.165, 1.54) is 34.8 Å². The minimum absolute atomic E-state index is 0.0136. The van der Waals surface area contributed by atoms with E-state index in [9.17, 15) is 24.9 Å². The van der Waals surface area contributed by atoms with Crippen LogP contribution in [0.15, 0.2) is 64.1 Å². The molecule has 0 amide bonds. The first-order chi connectivity index (χ1) is 23.8. The fraction of sp³-hybridized carbons (Fsp3) is 0.514. The molecule has 1 aromatic carbocycles. The zero-order valence-corrected chi connectivity index (χ0v) is 29.8. The van der Waals surface area contributed by atoms with Gasteiger partial charge in [0.25, 0.3) is 0 Å². The van der Waals surface area contributed by atoms with Crippen LogP contribution in [-0.2, 0) is 19.9 Å². The number of aliphatic hydroxyl groups excluding tert-OH is 1. The lowest BCUT2D eigenvalue weighted by atomic mass is 9.91. The Morgan fingerprint density at radius 3 is 2.37 bits per heavy atom. The Kier molecular flexibility index (Phi) is 13.8. The fourth-order valence-electron chi connectivity index (χ4n) is 6.54. The summed E-state index contributed by atoms with van der Waals surface area (Å²) in [4.78, 5) is 31.1. The molecule has 3 aromatic heterocycles. The first-order valence-electron chi connectivity index (χ1n) is 17.3. The molecule has 10 nitrogen and oxygen atoms in total. The lowest BCUT2D eigenvalue weighted by Crippen LogP contribution is -2.42. The molecule has 1 aliphatic rings. The molecule has 4 aromatic rings. The Bertz CT molecular complexity index is 1600. The number of aliphatic hydroxyl groups is 2. The van der Waals surface area contributed by atoms with Gasteiger partial charge in [0.15, 0.2) is 0 Å². The minimum Gasteiger partial charge on any atom is -0.506 e. The number of ether oxygens (including phenoxy) is 2. The SMILES string of the molecule is CN(CCCOCCCCCCNCC(O)c1ccc(O)c2[nH]c(=O)ccc12)C1CCC(OC(=O)C(O)(c2cccs2)c2cccs2)CC1. The molecule has 266 valence electrons. The minimum atomic E-state index is -1.75. The van der Waals surface area contributed by atoms with Crippen LogP contribution in [0, 0.1) is 0 Å². The van der Waals surface area contributed by atoms with E-state index in [0.717, 1.165) is 84.1 Å². The van der Waals surface area contributed by atoms with Gasteiger partial charge in [-0.2, -0.15) is 0 Å². The number of phenolic OH excluding ortho intramolecular Hbond substituents is 1. The molecular formula is C37H49N3O7S2. The summed E-state index contributed by atoms with van der Waals surface area (Å²) in [5, 5.41) is 39.9. The summed E-state index contributed by atoms with van der Waals surface area (Å²) >= 11 is 2.72. The number of carbonyl (C=O) groups excluding carboxylic acids is 1. The summed E-state index contributed by atoms with van der Waals surface area (Å²) in [6.07, 6.45) is 7.72. The highest BCUT2D eigenvalue weighted by atomic mass is 32.1. The Hall–Kier alpha value is -3.10. The number of hydrogen-bond acceptors (Lipinski definition) is 11. The molecule has 1 fully saturated rings. The molecule has 5 rings (SSSR count). The number of thiophene rings is 2. The van der Waals surface area contributed by atoms with Crippen molar-refractivity contribution in [3.8, 4) is 5.75 Å². The molecule has 49 heavy (non-hydrogen) atoms. The molecule has 0 spiro atoms. The number of aromatic nitrogens is 1. The third-order valence-electron chi connectivity index (χ3n) is 9.39. The van der Waals surface area contributed by atoms with Crippen LogP contribution in [0.2, 0.25) is 0 Å². The lowest BCUT2D eigenvalue weighted by molar-refractivity contribution is -0.169. The quantitative estimate of drug-likeness (QED) is 0.0614. The number of aromatic hydroxyl groups is 1. The van der Waals surface area contributed by atoms with Crippen LogP contribution in [0.25, 0.3) is 10.9 Å². The predicted molar refractivity (Wildman–Crippen MR) is 194 cm³/mol. The topological polar surface area (TPSA) is 144 Å². The molecule has 12 heteroatoms. The summed E-state index contributed by atoms with van der Waals surface area (Å²) in [7, 11) is 2.16. The molecule has 0 aliphatic heterocycles. The van der Waals surface area contributed by atoms with E-state index in [1.807, 2.05) is 22.9 Å². The van der Waals surface area contributed by atoms with E-state index >= 15 is 0 Å². The number of rotatable bonds is 19. The number of nitrogens with one attached hydrogen (secondary N) is 2. The number of esters is 1. The van der Waals surface area contributed by atoms with Crippen LogP contribution in [0.5, 0.6) is 5.75 Å². The van der Waals surface area contributed by atoms with E-state index in [2.05, 4.69) is 22.2 Å². The molecule has 1 aliphatic carbocycles. The van der Waals surface area contributed by atoms with E-state index in [0.29, 0.717) is 38.8 Å². The number of benzene rings is 1. The number of aromatic amines is 1. The number of fused-ring (bicyclic) bond motifs is 1. The maximum absolute atomic E-state index is 13.3. The summed E-state index contributed by atoms with van der Waals surface area (Å²) in [5.74, 6) is -0.597. The van der Waals surface area contributed by atoms with Gasteiger partial charge in [-0.15, -0.1) is 22.7 Å². The van der Waals surface area contributed by atoms with Crippen molar-refractivity contribution in [2.45, 2.75) is 81.6 Å².